The minimum absolute atomic E-state index is 0.0660. The van der Waals surface area contributed by atoms with Gasteiger partial charge in [0.25, 0.3) is 0 Å². The number of nitrogens with one attached hydrogen (secondary N) is 1. The summed E-state index contributed by atoms with van der Waals surface area (Å²) in [5.74, 6) is 0.987. The van der Waals surface area contributed by atoms with E-state index in [0.29, 0.717) is 13.0 Å². The Balaban J connectivity index is 1.66. The highest BCUT2D eigenvalue weighted by molar-refractivity contribution is 6.08. The second-order valence-corrected chi connectivity index (χ2v) is 6.43. The van der Waals surface area contributed by atoms with Crippen molar-refractivity contribution in [1.82, 2.24) is 5.43 Å². The van der Waals surface area contributed by atoms with Gasteiger partial charge in [-0.05, 0) is 24.0 Å². The van der Waals surface area contributed by atoms with Crippen LogP contribution in [0.4, 0.5) is 0 Å². The van der Waals surface area contributed by atoms with Crippen molar-refractivity contribution in [3.05, 3.63) is 30.3 Å². The maximum absolute atomic E-state index is 12.3. The average Bonchev–Trinajstić information content (AvgIpc) is 2.79. The van der Waals surface area contributed by atoms with Crippen molar-refractivity contribution >= 4 is 11.5 Å². The van der Waals surface area contributed by atoms with Crippen molar-refractivity contribution < 1.29 is 9.53 Å². The molecule has 4 heteroatoms. The largest absolute Gasteiger partial charge is 0.488 e. The Labute approximate surface area is 119 Å². The first-order chi connectivity index (χ1) is 9.55. The van der Waals surface area contributed by atoms with Gasteiger partial charge < -0.3 is 10.2 Å². The van der Waals surface area contributed by atoms with E-state index >= 15 is 0 Å². The van der Waals surface area contributed by atoms with Crippen LogP contribution in [0.3, 0.4) is 0 Å². The second-order valence-electron chi connectivity index (χ2n) is 6.43. The predicted octanol–water partition coefficient (Wildman–Crippen LogP) is 2.40. The Hall–Kier alpha value is -1.84. The Bertz CT molecular complexity index is 537. The number of hydrogen-bond acceptors (Lipinski definition) is 4. The standard InChI is InChI=1S/C16H20N2O2/c1-16(2)8-12-15(14(19)9-16)13(18-17-12)10-20-11-6-4-3-5-7-11/h3-7,12,15,17H,8-10H2,1-2H3/t12-,15-/m0/s1. The summed E-state index contributed by atoms with van der Waals surface area (Å²) in [6, 6.07) is 9.77. The minimum atomic E-state index is -0.105. The van der Waals surface area contributed by atoms with E-state index in [1.54, 1.807) is 0 Å². The fourth-order valence-corrected chi connectivity index (χ4v) is 3.16. The van der Waals surface area contributed by atoms with Crippen LogP contribution in [0.2, 0.25) is 0 Å². The molecule has 20 heavy (non-hydrogen) atoms. The molecule has 0 saturated heterocycles. The summed E-state index contributed by atoms with van der Waals surface area (Å²) < 4.78 is 5.72. The van der Waals surface area contributed by atoms with E-state index in [1.165, 1.54) is 0 Å². The lowest BCUT2D eigenvalue weighted by molar-refractivity contribution is -0.126. The predicted molar refractivity (Wildman–Crippen MR) is 77.8 cm³/mol. The van der Waals surface area contributed by atoms with Crippen LogP contribution in [0.1, 0.15) is 26.7 Å². The number of carbonyl (C=O) groups is 1. The van der Waals surface area contributed by atoms with Crippen LogP contribution in [0.15, 0.2) is 35.4 Å². The highest BCUT2D eigenvalue weighted by Crippen LogP contribution is 2.38. The lowest BCUT2D eigenvalue weighted by Crippen LogP contribution is -2.46. The van der Waals surface area contributed by atoms with Gasteiger partial charge in [0.05, 0.1) is 17.7 Å². The van der Waals surface area contributed by atoms with Gasteiger partial charge in [0, 0.05) is 6.42 Å². The van der Waals surface area contributed by atoms with Crippen LogP contribution in [-0.4, -0.2) is 24.1 Å². The van der Waals surface area contributed by atoms with Gasteiger partial charge in [-0.25, -0.2) is 0 Å². The molecular weight excluding hydrogens is 252 g/mol. The van der Waals surface area contributed by atoms with Crippen molar-refractivity contribution in [2.75, 3.05) is 6.61 Å². The van der Waals surface area contributed by atoms with Gasteiger partial charge in [-0.1, -0.05) is 32.0 Å². The normalized spacial score (nSPS) is 27.5. The molecule has 1 N–H and O–H groups in total. The first-order valence-electron chi connectivity index (χ1n) is 7.08. The van der Waals surface area contributed by atoms with Gasteiger partial charge >= 0.3 is 0 Å². The van der Waals surface area contributed by atoms with E-state index in [2.05, 4.69) is 24.4 Å². The molecule has 1 aromatic carbocycles. The Morgan fingerprint density at radius 1 is 1.35 bits per heavy atom. The fraction of sp³-hybridized carbons (Fsp3) is 0.500. The number of hydrogen-bond donors (Lipinski definition) is 1. The number of benzene rings is 1. The molecule has 0 bridgehead atoms. The smallest absolute Gasteiger partial charge is 0.144 e. The van der Waals surface area contributed by atoms with Gasteiger partial charge in [-0.15, -0.1) is 0 Å². The molecule has 1 fully saturated rings. The van der Waals surface area contributed by atoms with Crippen molar-refractivity contribution in [3.63, 3.8) is 0 Å². The molecule has 1 saturated carbocycles. The summed E-state index contributed by atoms with van der Waals surface area (Å²) in [6.45, 7) is 4.66. The number of para-hydroxylation sites is 1. The van der Waals surface area contributed by atoms with E-state index in [4.69, 9.17) is 4.74 Å². The third kappa shape index (κ3) is 2.55. The maximum Gasteiger partial charge on any atom is 0.144 e. The number of Topliss-reactive ketones (excluding diaryl/α,β-unsaturated/α-hetero) is 1. The summed E-state index contributed by atoms with van der Waals surface area (Å²) in [5.41, 5.74) is 4.02. The van der Waals surface area contributed by atoms with E-state index in [0.717, 1.165) is 17.9 Å². The Kier molecular flexibility index (Phi) is 3.24. The SMILES string of the molecule is CC1(C)CC(=O)[C@@H]2C(COc3ccccc3)=NN[C@H]2C1. The van der Waals surface area contributed by atoms with Crippen LogP contribution in [0.25, 0.3) is 0 Å². The average molecular weight is 272 g/mol. The van der Waals surface area contributed by atoms with Gasteiger partial charge in [-0.2, -0.15) is 5.10 Å². The van der Waals surface area contributed by atoms with Crippen molar-refractivity contribution in [2.45, 2.75) is 32.7 Å². The zero-order valence-electron chi connectivity index (χ0n) is 11.9. The number of carbonyl (C=O) groups excluding carboxylic acids is 1. The molecule has 1 aliphatic heterocycles. The topological polar surface area (TPSA) is 50.7 Å². The summed E-state index contributed by atoms with van der Waals surface area (Å²) in [5, 5.41) is 4.33. The number of ether oxygens (including phenoxy) is 1. The van der Waals surface area contributed by atoms with Gasteiger partial charge in [0.1, 0.15) is 18.1 Å². The molecular formula is C16H20N2O2. The number of rotatable bonds is 3. The van der Waals surface area contributed by atoms with E-state index in [9.17, 15) is 4.79 Å². The molecule has 0 radical (unpaired) electrons. The highest BCUT2D eigenvalue weighted by Gasteiger charge is 2.45. The van der Waals surface area contributed by atoms with Crippen molar-refractivity contribution in [1.29, 1.82) is 0 Å². The molecule has 2 aliphatic rings. The van der Waals surface area contributed by atoms with Crippen LogP contribution in [0.5, 0.6) is 5.75 Å². The third-order valence-corrected chi connectivity index (χ3v) is 4.04. The molecule has 3 rings (SSSR count). The zero-order chi connectivity index (χ0) is 14.2. The molecule has 2 atom stereocenters. The number of fused-ring (bicyclic) bond motifs is 1. The summed E-state index contributed by atoms with van der Waals surface area (Å²) >= 11 is 0. The summed E-state index contributed by atoms with van der Waals surface area (Å²) in [4.78, 5) is 12.3. The van der Waals surface area contributed by atoms with Crippen molar-refractivity contribution in [3.8, 4) is 5.75 Å². The second kappa shape index (κ2) is 4.93. The quantitative estimate of drug-likeness (QED) is 0.919. The van der Waals surface area contributed by atoms with Crippen LogP contribution < -0.4 is 10.2 Å². The Morgan fingerprint density at radius 2 is 2.10 bits per heavy atom. The number of nitrogens with zero attached hydrogens (tertiary/aromatic N) is 1. The molecule has 106 valence electrons. The Morgan fingerprint density at radius 3 is 2.85 bits per heavy atom. The van der Waals surface area contributed by atoms with Crippen LogP contribution in [0, 0.1) is 11.3 Å². The third-order valence-electron chi connectivity index (χ3n) is 4.04. The fourth-order valence-electron chi connectivity index (χ4n) is 3.16. The van der Waals surface area contributed by atoms with Gasteiger partial charge in [0.15, 0.2) is 0 Å². The highest BCUT2D eigenvalue weighted by atomic mass is 16.5. The molecule has 0 aromatic heterocycles. The monoisotopic (exact) mass is 272 g/mol. The lowest BCUT2D eigenvalue weighted by Gasteiger charge is -2.36. The minimum Gasteiger partial charge on any atom is -0.488 e. The number of hydrazone groups is 1. The maximum atomic E-state index is 12.3. The summed E-state index contributed by atoms with van der Waals surface area (Å²) in [6.07, 6.45) is 1.60. The molecule has 4 nitrogen and oxygen atoms in total. The van der Waals surface area contributed by atoms with Crippen LogP contribution in [-0.2, 0) is 4.79 Å². The van der Waals surface area contributed by atoms with Gasteiger partial charge in [-0.3, -0.25) is 4.79 Å². The summed E-state index contributed by atoms with van der Waals surface area (Å²) in [7, 11) is 0. The molecule has 1 heterocycles. The molecule has 0 amide bonds. The van der Waals surface area contributed by atoms with E-state index in [1.807, 2.05) is 30.3 Å². The van der Waals surface area contributed by atoms with Gasteiger partial charge in [0.2, 0.25) is 0 Å². The van der Waals surface area contributed by atoms with E-state index < -0.39 is 0 Å². The lowest BCUT2D eigenvalue weighted by atomic mass is 9.69. The van der Waals surface area contributed by atoms with Crippen molar-refractivity contribution in [2.24, 2.45) is 16.4 Å². The molecule has 1 aromatic rings. The van der Waals surface area contributed by atoms with Crippen LogP contribution >= 0.6 is 0 Å². The molecule has 0 spiro atoms. The molecule has 0 unspecified atom stereocenters. The van der Waals surface area contributed by atoms with E-state index in [-0.39, 0.29) is 23.2 Å². The number of ketones is 1. The first kappa shape index (κ1) is 13.2. The molecule has 1 aliphatic carbocycles. The first-order valence-corrected chi connectivity index (χ1v) is 7.08. The zero-order valence-corrected chi connectivity index (χ0v) is 11.9.